The van der Waals surface area contributed by atoms with E-state index in [1.165, 1.54) is 19.3 Å². The minimum Gasteiger partial charge on any atom is -0.300 e. The zero-order valence-corrected chi connectivity index (χ0v) is 7.60. The Hall–Kier alpha value is -0.330. The Morgan fingerprint density at radius 3 is 2.00 bits per heavy atom. The number of carbonyl (C=O) groups excluding carboxylic acids is 1. The van der Waals surface area contributed by atoms with Crippen LogP contribution in [0.15, 0.2) is 0 Å². The highest BCUT2D eigenvalue weighted by Crippen LogP contribution is 2.22. The van der Waals surface area contributed by atoms with Crippen LogP contribution in [-0.2, 0) is 4.79 Å². The van der Waals surface area contributed by atoms with Gasteiger partial charge in [-0.05, 0) is 11.8 Å². The van der Waals surface area contributed by atoms with Gasteiger partial charge < -0.3 is 0 Å². The largest absolute Gasteiger partial charge is 0.300 e. The number of rotatable bonds is 0. The third-order valence-electron chi connectivity index (χ3n) is 2.55. The second kappa shape index (κ2) is 3.89. The number of hydrogen-bond acceptors (Lipinski definition) is 1. The van der Waals surface area contributed by atoms with Gasteiger partial charge in [-0.3, -0.25) is 4.79 Å². The van der Waals surface area contributed by atoms with Gasteiger partial charge in [0.05, 0.1) is 0 Å². The monoisotopic (exact) mass is 154 g/mol. The lowest BCUT2D eigenvalue weighted by atomic mass is 9.87. The fraction of sp³-hybridized carbons (Fsp3) is 0.900. The normalized spacial score (nSPS) is 34.5. The molecule has 0 saturated heterocycles. The second-order valence-electron chi connectivity index (χ2n) is 4.09. The van der Waals surface area contributed by atoms with E-state index in [-0.39, 0.29) is 0 Å². The van der Waals surface area contributed by atoms with Crippen LogP contribution < -0.4 is 0 Å². The Morgan fingerprint density at radius 1 is 1.09 bits per heavy atom. The second-order valence-corrected chi connectivity index (χ2v) is 4.09. The first-order valence-corrected chi connectivity index (χ1v) is 4.70. The molecule has 0 aliphatic heterocycles. The van der Waals surface area contributed by atoms with Crippen molar-refractivity contribution in [2.24, 2.45) is 11.8 Å². The SMILES string of the molecule is C[C@@H]1CCC[C@H](C)CC(=O)C1. The van der Waals surface area contributed by atoms with Gasteiger partial charge in [0.15, 0.2) is 0 Å². The Labute approximate surface area is 69.2 Å². The van der Waals surface area contributed by atoms with Crippen molar-refractivity contribution in [2.75, 3.05) is 0 Å². The lowest BCUT2D eigenvalue weighted by Gasteiger charge is -2.18. The summed E-state index contributed by atoms with van der Waals surface area (Å²) in [6.45, 7) is 4.38. The molecule has 0 aromatic heterocycles. The summed E-state index contributed by atoms with van der Waals surface area (Å²) in [4.78, 5) is 11.3. The van der Waals surface area contributed by atoms with Crippen molar-refractivity contribution in [1.82, 2.24) is 0 Å². The van der Waals surface area contributed by atoms with Crippen LogP contribution in [0.3, 0.4) is 0 Å². The van der Waals surface area contributed by atoms with E-state index in [1.807, 2.05) is 0 Å². The lowest BCUT2D eigenvalue weighted by Crippen LogP contribution is -2.13. The van der Waals surface area contributed by atoms with Gasteiger partial charge in [0.2, 0.25) is 0 Å². The van der Waals surface area contributed by atoms with E-state index >= 15 is 0 Å². The van der Waals surface area contributed by atoms with Gasteiger partial charge in [0.25, 0.3) is 0 Å². The van der Waals surface area contributed by atoms with Crippen LogP contribution in [0.5, 0.6) is 0 Å². The van der Waals surface area contributed by atoms with E-state index in [9.17, 15) is 4.79 Å². The molecule has 1 nitrogen and oxygen atoms in total. The van der Waals surface area contributed by atoms with Crippen molar-refractivity contribution < 1.29 is 4.79 Å². The molecule has 1 aliphatic carbocycles. The summed E-state index contributed by atoms with van der Waals surface area (Å²) in [5, 5.41) is 0. The van der Waals surface area contributed by atoms with Gasteiger partial charge >= 0.3 is 0 Å². The number of ketones is 1. The third-order valence-corrected chi connectivity index (χ3v) is 2.55. The molecule has 64 valence electrons. The first-order chi connectivity index (χ1) is 5.18. The highest BCUT2D eigenvalue weighted by Gasteiger charge is 2.16. The maximum absolute atomic E-state index is 11.3. The molecule has 1 fully saturated rings. The van der Waals surface area contributed by atoms with Crippen molar-refractivity contribution >= 4 is 5.78 Å². The van der Waals surface area contributed by atoms with E-state index in [2.05, 4.69) is 13.8 Å². The molecule has 1 rings (SSSR count). The molecule has 2 atom stereocenters. The molecule has 0 bridgehead atoms. The van der Waals surface area contributed by atoms with Crippen molar-refractivity contribution in [1.29, 1.82) is 0 Å². The Kier molecular flexibility index (Phi) is 3.10. The van der Waals surface area contributed by atoms with E-state index in [4.69, 9.17) is 0 Å². The average molecular weight is 154 g/mol. The maximum atomic E-state index is 11.3. The smallest absolute Gasteiger partial charge is 0.133 e. The minimum atomic E-state index is 0.477. The fourth-order valence-electron chi connectivity index (χ4n) is 1.88. The van der Waals surface area contributed by atoms with Crippen molar-refractivity contribution in [3.05, 3.63) is 0 Å². The standard InChI is InChI=1S/C10H18O/c1-8-4-3-5-9(2)7-10(11)6-8/h8-9H,3-7H2,1-2H3/t8-,9+. The highest BCUT2D eigenvalue weighted by molar-refractivity contribution is 5.78. The predicted molar refractivity (Wildman–Crippen MR) is 46.4 cm³/mol. The van der Waals surface area contributed by atoms with E-state index < -0.39 is 0 Å². The van der Waals surface area contributed by atoms with E-state index in [0.29, 0.717) is 17.6 Å². The maximum Gasteiger partial charge on any atom is 0.133 e. The molecule has 11 heavy (non-hydrogen) atoms. The van der Waals surface area contributed by atoms with Crippen LogP contribution in [0.1, 0.15) is 46.0 Å². The molecule has 0 aromatic carbocycles. The van der Waals surface area contributed by atoms with Crippen LogP contribution in [0.4, 0.5) is 0 Å². The molecule has 0 spiro atoms. The Morgan fingerprint density at radius 2 is 1.55 bits per heavy atom. The van der Waals surface area contributed by atoms with Gasteiger partial charge in [-0.2, -0.15) is 0 Å². The molecule has 1 saturated carbocycles. The average Bonchev–Trinajstić information content (AvgIpc) is 1.83. The summed E-state index contributed by atoms with van der Waals surface area (Å²) >= 11 is 0. The van der Waals surface area contributed by atoms with Gasteiger partial charge in [0, 0.05) is 12.8 Å². The summed E-state index contributed by atoms with van der Waals surface area (Å²) in [5.74, 6) is 1.75. The molecule has 0 amide bonds. The molecule has 0 aromatic rings. The first-order valence-electron chi connectivity index (χ1n) is 4.70. The highest BCUT2D eigenvalue weighted by atomic mass is 16.1. The molecule has 0 heterocycles. The van der Waals surface area contributed by atoms with Crippen LogP contribution >= 0.6 is 0 Å². The van der Waals surface area contributed by atoms with Crippen LogP contribution in [-0.4, -0.2) is 5.78 Å². The summed E-state index contributed by atoms with van der Waals surface area (Å²) in [6.07, 6.45) is 5.45. The summed E-state index contributed by atoms with van der Waals surface area (Å²) < 4.78 is 0. The zero-order chi connectivity index (χ0) is 8.27. The van der Waals surface area contributed by atoms with E-state index in [0.717, 1.165) is 12.8 Å². The third kappa shape index (κ3) is 3.04. The quantitative estimate of drug-likeness (QED) is 0.524. The number of carbonyl (C=O) groups is 1. The minimum absolute atomic E-state index is 0.477. The fourth-order valence-corrected chi connectivity index (χ4v) is 1.88. The van der Waals surface area contributed by atoms with Gasteiger partial charge in [-0.15, -0.1) is 0 Å². The molecule has 1 aliphatic rings. The van der Waals surface area contributed by atoms with Crippen LogP contribution in [0.2, 0.25) is 0 Å². The van der Waals surface area contributed by atoms with Crippen LogP contribution in [0.25, 0.3) is 0 Å². The van der Waals surface area contributed by atoms with Crippen LogP contribution in [0, 0.1) is 11.8 Å². The van der Waals surface area contributed by atoms with Gasteiger partial charge in [-0.1, -0.05) is 33.1 Å². The van der Waals surface area contributed by atoms with Gasteiger partial charge in [0.1, 0.15) is 5.78 Å². The summed E-state index contributed by atoms with van der Waals surface area (Å²) in [5.41, 5.74) is 0. The molecule has 0 radical (unpaired) electrons. The van der Waals surface area contributed by atoms with Crippen molar-refractivity contribution in [2.45, 2.75) is 46.0 Å². The zero-order valence-electron chi connectivity index (χ0n) is 7.60. The molecular weight excluding hydrogens is 136 g/mol. The number of hydrogen-bond donors (Lipinski definition) is 0. The Bertz CT molecular complexity index is 126. The molecule has 1 heteroatoms. The molecular formula is C10H18O. The predicted octanol–water partition coefficient (Wildman–Crippen LogP) is 2.79. The van der Waals surface area contributed by atoms with E-state index in [1.54, 1.807) is 0 Å². The van der Waals surface area contributed by atoms with Crippen molar-refractivity contribution in [3.8, 4) is 0 Å². The van der Waals surface area contributed by atoms with Crippen molar-refractivity contribution in [3.63, 3.8) is 0 Å². The summed E-state index contributed by atoms with van der Waals surface area (Å²) in [7, 11) is 0. The first kappa shape index (κ1) is 8.76. The summed E-state index contributed by atoms with van der Waals surface area (Å²) in [6, 6.07) is 0. The topological polar surface area (TPSA) is 17.1 Å². The van der Waals surface area contributed by atoms with Gasteiger partial charge in [-0.25, -0.2) is 0 Å². The lowest BCUT2D eigenvalue weighted by molar-refractivity contribution is -0.121. The number of Topliss-reactive ketones (excluding diaryl/α,β-unsaturated/α-hetero) is 1. The molecule has 0 unspecified atom stereocenters. The Balaban J connectivity index is 2.41. The molecule has 0 N–H and O–H groups in total.